The van der Waals surface area contributed by atoms with Gasteiger partial charge in [-0.2, -0.15) is 0 Å². The second-order valence-electron chi connectivity index (χ2n) is 10.1. The van der Waals surface area contributed by atoms with Crippen molar-refractivity contribution in [1.29, 1.82) is 0 Å². The van der Waals surface area contributed by atoms with Gasteiger partial charge >= 0.3 is 0 Å². The van der Waals surface area contributed by atoms with Crippen molar-refractivity contribution in [2.45, 2.75) is 39.8 Å². The summed E-state index contributed by atoms with van der Waals surface area (Å²) in [6.45, 7) is 5.72. The Bertz CT molecular complexity index is 1360. The van der Waals surface area contributed by atoms with Gasteiger partial charge in [0.05, 0.1) is 11.9 Å². The average Bonchev–Trinajstić information content (AvgIpc) is 2.89. The average molecular weight is 554 g/mol. The Labute approximate surface area is 230 Å². The highest BCUT2D eigenvalue weighted by Crippen LogP contribution is 2.23. The molecule has 0 saturated heterocycles. The fourth-order valence-electron chi connectivity index (χ4n) is 4.12. The number of halogens is 1. The summed E-state index contributed by atoms with van der Waals surface area (Å²) in [6.07, 6.45) is 1.15. The number of amides is 2. The van der Waals surface area contributed by atoms with Crippen LogP contribution in [0.3, 0.4) is 0 Å². The third-order valence-corrected chi connectivity index (χ3v) is 7.36. The number of hydrogen-bond acceptors (Lipinski definition) is 4. The Kier molecular flexibility index (Phi) is 10.2. The van der Waals surface area contributed by atoms with Crippen molar-refractivity contribution in [3.63, 3.8) is 0 Å². The fraction of sp³-hybridized carbons (Fsp3) is 0.333. The summed E-state index contributed by atoms with van der Waals surface area (Å²) >= 11 is 0. The van der Waals surface area contributed by atoms with Gasteiger partial charge in [-0.05, 0) is 36.1 Å². The second kappa shape index (κ2) is 13.4. The van der Waals surface area contributed by atoms with Crippen molar-refractivity contribution < 1.29 is 22.4 Å². The zero-order valence-corrected chi connectivity index (χ0v) is 23.6. The van der Waals surface area contributed by atoms with Crippen LogP contribution in [0.2, 0.25) is 0 Å². The molecule has 3 rings (SSSR count). The molecule has 1 N–H and O–H groups in total. The van der Waals surface area contributed by atoms with Crippen LogP contribution in [0.25, 0.3) is 0 Å². The summed E-state index contributed by atoms with van der Waals surface area (Å²) in [7, 11) is -4.03. The van der Waals surface area contributed by atoms with E-state index in [1.165, 1.54) is 23.1 Å². The van der Waals surface area contributed by atoms with E-state index in [4.69, 9.17) is 0 Å². The van der Waals surface area contributed by atoms with Gasteiger partial charge in [0, 0.05) is 19.5 Å². The van der Waals surface area contributed by atoms with Crippen LogP contribution >= 0.6 is 0 Å². The molecule has 0 aromatic heterocycles. The lowest BCUT2D eigenvalue weighted by molar-refractivity contribution is -0.140. The predicted molar refractivity (Wildman–Crippen MR) is 152 cm³/mol. The Morgan fingerprint density at radius 1 is 0.897 bits per heavy atom. The maximum atomic E-state index is 14.7. The SMILES string of the molecule is Cc1ccc(CN(C(=O)CN(c2ccccc2F)S(C)(=O)=O)[C@@H](Cc2ccccc2)C(=O)NCC(C)C)cc1. The third kappa shape index (κ3) is 8.64. The molecule has 0 heterocycles. The molecule has 0 fully saturated rings. The van der Waals surface area contributed by atoms with Gasteiger partial charge in [0.1, 0.15) is 18.4 Å². The second-order valence-corrected chi connectivity index (χ2v) is 12.0. The number of nitrogens with zero attached hydrogens (tertiary/aromatic N) is 2. The molecular weight excluding hydrogens is 517 g/mol. The zero-order chi connectivity index (χ0) is 28.6. The third-order valence-electron chi connectivity index (χ3n) is 6.23. The maximum absolute atomic E-state index is 14.7. The molecule has 0 aliphatic carbocycles. The summed E-state index contributed by atoms with van der Waals surface area (Å²) in [4.78, 5) is 28.9. The first kappa shape index (κ1) is 29.8. The minimum Gasteiger partial charge on any atom is -0.354 e. The number of carbonyl (C=O) groups excluding carboxylic acids is 2. The van der Waals surface area contributed by atoms with Gasteiger partial charge < -0.3 is 10.2 Å². The summed E-state index contributed by atoms with van der Waals surface area (Å²) in [5.41, 5.74) is 2.43. The summed E-state index contributed by atoms with van der Waals surface area (Å²) < 4.78 is 40.8. The van der Waals surface area contributed by atoms with Crippen molar-refractivity contribution in [1.82, 2.24) is 10.2 Å². The van der Waals surface area contributed by atoms with E-state index in [2.05, 4.69) is 5.32 Å². The van der Waals surface area contributed by atoms with Crippen LogP contribution in [0.4, 0.5) is 10.1 Å². The van der Waals surface area contributed by atoms with E-state index < -0.39 is 34.3 Å². The molecule has 0 unspecified atom stereocenters. The van der Waals surface area contributed by atoms with Crippen molar-refractivity contribution in [2.24, 2.45) is 5.92 Å². The first-order valence-corrected chi connectivity index (χ1v) is 14.7. The zero-order valence-electron chi connectivity index (χ0n) is 22.8. The molecule has 0 aliphatic heterocycles. The highest BCUT2D eigenvalue weighted by atomic mass is 32.2. The fourth-order valence-corrected chi connectivity index (χ4v) is 4.97. The standard InChI is InChI=1S/C30H36FN3O4S/c1-22(2)19-32-30(36)28(18-24-10-6-5-7-11-24)33(20-25-16-14-23(3)15-17-25)29(35)21-34(39(4,37)38)27-13-9-8-12-26(27)31/h5-17,22,28H,18-21H2,1-4H3,(H,32,36)/t28-/m0/s1. The monoisotopic (exact) mass is 553 g/mol. The molecule has 0 spiro atoms. The van der Waals surface area contributed by atoms with Crippen molar-refractivity contribution in [3.8, 4) is 0 Å². The van der Waals surface area contributed by atoms with Crippen LogP contribution in [0.5, 0.6) is 0 Å². The predicted octanol–water partition coefficient (Wildman–Crippen LogP) is 4.31. The summed E-state index contributed by atoms with van der Waals surface area (Å²) in [5, 5.41) is 2.93. The number of anilines is 1. The minimum atomic E-state index is -4.03. The molecule has 3 aromatic rings. The molecule has 9 heteroatoms. The number of benzene rings is 3. The lowest BCUT2D eigenvalue weighted by Crippen LogP contribution is -2.53. The molecule has 7 nitrogen and oxygen atoms in total. The quantitative estimate of drug-likeness (QED) is 0.362. The van der Waals surface area contributed by atoms with E-state index in [1.54, 1.807) is 0 Å². The van der Waals surface area contributed by atoms with Crippen LogP contribution in [0.1, 0.15) is 30.5 Å². The molecule has 208 valence electrons. The molecule has 0 aliphatic rings. The number of rotatable bonds is 12. The lowest BCUT2D eigenvalue weighted by atomic mass is 10.0. The van der Waals surface area contributed by atoms with Crippen LogP contribution in [-0.2, 0) is 32.6 Å². The molecule has 0 radical (unpaired) electrons. The highest BCUT2D eigenvalue weighted by molar-refractivity contribution is 7.92. The van der Waals surface area contributed by atoms with Gasteiger partial charge in [0.2, 0.25) is 21.8 Å². The van der Waals surface area contributed by atoms with E-state index in [0.29, 0.717) is 6.54 Å². The van der Waals surface area contributed by atoms with Crippen LogP contribution in [-0.4, -0.2) is 50.5 Å². The first-order chi connectivity index (χ1) is 18.5. The summed E-state index contributed by atoms with van der Waals surface area (Å²) in [6, 6.07) is 21.3. The Morgan fingerprint density at radius 3 is 2.10 bits per heavy atom. The van der Waals surface area contributed by atoms with E-state index in [9.17, 15) is 22.4 Å². The van der Waals surface area contributed by atoms with Crippen LogP contribution in [0.15, 0.2) is 78.9 Å². The van der Waals surface area contributed by atoms with E-state index in [0.717, 1.165) is 33.3 Å². The van der Waals surface area contributed by atoms with Crippen molar-refractivity contribution in [3.05, 3.63) is 101 Å². The Morgan fingerprint density at radius 2 is 1.51 bits per heavy atom. The van der Waals surface area contributed by atoms with Gasteiger partial charge in [0.15, 0.2) is 0 Å². The van der Waals surface area contributed by atoms with Crippen LogP contribution < -0.4 is 9.62 Å². The molecule has 2 amide bonds. The van der Waals surface area contributed by atoms with Gasteiger partial charge in [-0.1, -0.05) is 86.1 Å². The van der Waals surface area contributed by atoms with Crippen LogP contribution in [0, 0.1) is 18.7 Å². The van der Waals surface area contributed by atoms with Crippen molar-refractivity contribution >= 4 is 27.5 Å². The summed E-state index contributed by atoms with van der Waals surface area (Å²) in [5.74, 6) is -1.54. The van der Waals surface area contributed by atoms with E-state index >= 15 is 0 Å². The number of para-hydroxylation sites is 1. The lowest BCUT2D eigenvalue weighted by Gasteiger charge is -2.33. The Hall–Kier alpha value is -3.72. The maximum Gasteiger partial charge on any atom is 0.244 e. The van der Waals surface area contributed by atoms with E-state index in [-0.39, 0.29) is 30.5 Å². The minimum absolute atomic E-state index is 0.0700. The van der Waals surface area contributed by atoms with Crippen molar-refractivity contribution in [2.75, 3.05) is 23.7 Å². The largest absolute Gasteiger partial charge is 0.354 e. The molecule has 1 atom stereocenters. The number of nitrogens with one attached hydrogen (secondary N) is 1. The topological polar surface area (TPSA) is 86.8 Å². The normalized spacial score (nSPS) is 12.2. The van der Waals surface area contributed by atoms with Gasteiger partial charge in [-0.3, -0.25) is 13.9 Å². The van der Waals surface area contributed by atoms with Gasteiger partial charge in [-0.25, -0.2) is 12.8 Å². The van der Waals surface area contributed by atoms with E-state index in [1.807, 2.05) is 75.4 Å². The first-order valence-electron chi connectivity index (χ1n) is 12.8. The number of hydrogen-bond donors (Lipinski definition) is 1. The number of aryl methyl sites for hydroxylation is 1. The smallest absolute Gasteiger partial charge is 0.244 e. The van der Waals surface area contributed by atoms with Gasteiger partial charge in [0.25, 0.3) is 0 Å². The molecule has 0 bridgehead atoms. The van der Waals surface area contributed by atoms with Gasteiger partial charge in [-0.15, -0.1) is 0 Å². The molecular formula is C30H36FN3O4S. The molecule has 0 saturated carbocycles. The number of sulfonamides is 1. The molecule has 39 heavy (non-hydrogen) atoms. The highest BCUT2D eigenvalue weighted by Gasteiger charge is 2.33. The number of carbonyl (C=O) groups is 2. The Balaban J connectivity index is 2.05. The molecule has 3 aromatic carbocycles.